The van der Waals surface area contributed by atoms with Crippen molar-refractivity contribution in [3.8, 4) is 11.8 Å². The van der Waals surface area contributed by atoms with Crippen molar-refractivity contribution < 1.29 is 9.53 Å². The molecule has 3 heteroatoms. The number of esters is 1. The average molecular weight is 211 g/mol. The summed E-state index contributed by atoms with van der Waals surface area (Å²) in [5, 5.41) is 0. The minimum Gasteiger partial charge on any atom is -0.462 e. The van der Waals surface area contributed by atoms with Crippen molar-refractivity contribution in [3.05, 3.63) is 0 Å². The molecule has 0 saturated heterocycles. The van der Waals surface area contributed by atoms with E-state index in [1.807, 2.05) is 6.92 Å². The standard InChI is InChI=1S/C12H21NO2/c1-5-13(6-2)10-8-7-9-11(3)15-12(4)14/h11H,5-6,9-10H2,1-4H3. The van der Waals surface area contributed by atoms with Gasteiger partial charge in [-0.2, -0.15) is 0 Å². The van der Waals surface area contributed by atoms with Crippen molar-refractivity contribution >= 4 is 5.97 Å². The third-order valence-electron chi connectivity index (χ3n) is 2.08. The Morgan fingerprint density at radius 3 is 2.40 bits per heavy atom. The fraction of sp³-hybridized carbons (Fsp3) is 0.750. The zero-order valence-corrected chi connectivity index (χ0v) is 10.2. The van der Waals surface area contributed by atoms with E-state index in [1.54, 1.807) is 0 Å². The molecule has 0 radical (unpaired) electrons. The molecule has 0 bridgehead atoms. The molecule has 0 fully saturated rings. The molecule has 0 heterocycles. The lowest BCUT2D eigenvalue weighted by Crippen LogP contribution is -2.22. The van der Waals surface area contributed by atoms with Crippen LogP contribution in [0.15, 0.2) is 0 Å². The highest BCUT2D eigenvalue weighted by atomic mass is 16.5. The molecule has 0 saturated carbocycles. The number of hydrogen-bond donors (Lipinski definition) is 0. The van der Waals surface area contributed by atoms with Gasteiger partial charge in [-0.1, -0.05) is 25.7 Å². The van der Waals surface area contributed by atoms with E-state index in [2.05, 4.69) is 30.6 Å². The Labute approximate surface area is 92.8 Å². The molecule has 0 aliphatic rings. The van der Waals surface area contributed by atoms with E-state index < -0.39 is 0 Å². The number of carbonyl (C=O) groups excluding carboxylic acids is 1. The molecule has 15 heavy (non-hydrogen) atoms. The highest BCUT2D eigenvalue weighted by molar-refractivity contribution is 5.66. The maximum atomic E-state index is 10.6. The van der Waals surface area contributed by atoms with Gasteiger partial charge in [0.15, 0.2) is 0 Å². The van der Waals surface area contributed by atoms with Gasteiger partial charge in [0.1, 0.15) is 6.10 Å². The summed E-state index contributed by atoms with van der Waals surface area (Å²) in [5.74, 6) is 5.85. The van der Waals surface area contributed by atoms with Crippen LogP contribution in [0, 0.1) is 11.8 Å². The van der Waals surface area contributed by atoms with Crippen molar-refractivity contribution in [1.82, 2.24) is 4.90 Å². The fourth-order valence-corrected chi connectivity index (χ4v) is 1.16. The summed E-state index contributed by atoms with van der Waals surface area (Å²) in [6.07, 6.45) is 0.507. The molecule has 0 aromatic carbocycles. The van der Waals surface area contributed by atoms with Crippen LogP contribution in [0.3, 0.4) is 0 Å². The van der Waals surface area contributed by atoms with E-state index in [4.69, 9.17) is 4.74 Å². The molecule has 0 spiro atoms. The van der Waals surface area contributed by atoms with Crippen molar-refractivity contribution in [2.24, 2.45) is 0 Å². The van der Waals surface area contributed by atoms with E-state index >= 15 is 0 Å². The van der Waals surface area contributed by atoms with Gasteiger partial charge in [-0.25, -0.2) is 0 Å². The molecule has 86 valence electrons. The normalized spacial score (nSPS) is 11.8. The predicted molar refractivity (Wildman–Crippen MR) is 61.4 cm³/mol. The second-order valence-electron chi connectivity index (χ2n) is 3.44. The minimum atomic E-state index is -0.243. The zero-order chi connectivity index (χ0) is 11.7. The molecule has 0 aromatic rings. The van der Waals surface area contributed by atoms with Crippen LogP contribution in [-0.2, 0) is 9.53 Å². The minimum absolute atomic E-state index is 0.105. The van der Waals surface area contributed by atoms with E-state index in [-0.39, 0.29) is 12.1 Å². The van der Waals surface area contributed by atoms with Gasteiger partial charge < -0.3 is 4.74 Å². The van der Waals surface area contributed by atoms with E-state index in [1.165, 1.54) is 6.92 Å². The van der Waals surface area contributed by atoms with Crippen molar-refractivity contribution in [2.45, 2.75) is 40.2 Å². The maximum Gasteiger partial charge on any atom is 0.302 e. The van der Waals surface area contributed by atoms with Gasteiger partial charge >= 0.3 is 5.97 Å². The first kappa shape index (κ1) is 14.0. The van der Waals surface area contributed by atoms with Crippen LogP contribution in [0.25, 0.3) is 0 Å². The lowest BCUT2D eigenvalue weighted by atomic mass is 10.3. The third kappa shape index (κ3) is 8.02. The van der Waals surface area contributed by atoms with Gasteiger partial charge in [-0.3, -0.25) is 9.69 Å². The first-order chi connectivity index (χ1) is 7.10. The fourth-order valence-electron chi connectivity index (χ4n) is 1.16. The van der Waals surface area contributed by atoms with Crippen LogP contribution in [-0.4, -0.2) is 36.6 Å². The molecule has 3 nitrogen and oxygen atoms in total. The molecule has 0 aliphatic carbocycles. The van der Waals surface area contributed by atoms with Gasteiger partial charge in [0.05, 0.1) is 6.54 Å². The number of rotatable bonds is 5. The van der Waals surface area contributed by atoms with Gasteiger partial charge in [0.2, 0.25) is 0 Å². The molecule has 0 aromatic heterocycles. The first-order valence-corrected chi connectivity index (χ1v) is 5.45. The summed E-state index contributed by atoms with van der Waals surface area (Å²) < 4.78 is 4.95. The van der Waals surface area contributed by atoms with Crippen LogP contribution in [0.4, 0.5) is 0 Å². The van der Waals surface area contributed by atoms with E-state index in [9.17, 15) is 4.79 Å². The zero-order valence-electron chi connectivity index (χ0n) is 10.2. The molecular formula is C12H21NO2. The molecule has 1 unspecified atom stereocenters. The quantitative estimate of drug-likeness (QED) is 0.512. The largest absolute Gasteiger partial charge is 0.462 e. The molecular weight excluding hydrogens is 190 g/mol. The lowest BCUT2D eigenvalue weighted by Gasteiger charge is -2.13. The third-order valence-corrected chi connectivity index (χ3v) is 2.08. The van der Waals surface area contributed by atoms with Crippen LogP contribution < -0.4 is 0 Å². The van der Waals surface area contributed by atoms with Gasteiger partial charge in [0.25, 0.3) is 0 Å². The Morgan fingerprint density at radius 2 is 1.93 bits per heavy atom. The van der Waals surface area contributed by atoms with Crippen LogP contribution in [0.1, 0.15) is 34.1 Å². The number of ether oxygens (including phenoxy) is 1. The topological polar surface area (TPSA) is 29.5 Å². The average Bonchev–Trinajstić information content (AvgIpc) is 2.17. The SMILES string of the molecule is CCN(CC)CC#CCC(C)OC(C)=O. The Morgan fingerprint density at radius 1 is 1.33 bits per heavy atom. The van der Waals surface area contributed by atoms with Gasteiger partial charge in [-0.15, -0.1) is 0 Å². The first-order valence-electron chi connectivity index (χ1n) is 5.45. The Bertz CT molecular complexity index is 236. The maximum absolute atomic E-state index is 10.6. The monoisotopic (exact) mass is 211 g/mol. The highest BCUT2D eigenvalue weighted by Gasteiger charge is 2.01. The van der Waals surface area contributed by atoms with E-state index in [0.717, 1.165) is 19.6 Å². The summed E-state index contributed by atoms with van der Waals surface area (Å²) in [4.78, 5) is 12.8. The molecule has 1 atom stereocenters. The second kappa shape index (κ2) is 8.31. The second-order valence-corrected chi connectivity index (χ2v) is 3.44. The summed E-state index contributed by atoms with van der Waals surface area (Å²) >= 11 is 0. The van der Waals surface area contributed by atoms with Crippen molar-refractivity contribution in [1.29, 1.82) is 0 Å². The predicted octanol–water partition coefficient (Wildman–Crippen LogP) is 1.67. The van der Waals surface area contributed by atoms with Crippen LogP contribution in [0.2, 0.25) is 0 Å². The summed E-state index contributed by atoms with van der Waals surface area (Å²) in [6, 6.07) is 0. The molecule has 0 amide bonds. The number of hydrogen-bond acceptors (Lipinski definition) is 3. The Kier molecular flexibility index (Phi) is 7.75. The molecule has 0 rings (SSSR count). The summed E-state index contributed by atoms with van der Waals surface area (Å²) in [6.45, 7) is 10.3. The highest BCUT2D eigenvalue weighted by Crippen LogP contribution is 1.95. The summed E-state index contributed by atoms with van der Waals surface area (Å²) in [5.41, 5.74) is 0. The van der Waals surface area contributed by atoms with Crippen LogP contribution >= 0.6 is 0 Å². The summed E-state index contributed by atoms with van der Waals surface area (Å²) in [7, 11) is 0. The smallest absolute Gasteiger partial charge is 0.302 e. The Hall–Kier alpha value is -1.01. The lowest BCUT2D eigenvalue weighted by molar-refractivity contribution is -0.145. The van der Waals surface area contributed by atoms with Crippen molar-refractivity contribution in [3.63, 3.8) is 0 Å². The molecule has 0 aliphatic heterocycles. The number of carbonyl (C=O) groups is 1. The van der Waals surface area contributed by atoms with E-state index in [0.29, 0.717) is 6.42 Å². The van der Waals surface area contributed by atoms with Gasteiger partial charge in [0, 0.05) is 13.3 Å². The number of nitrogens with zero attached hydrogens (tertiary/aromatic N) is 1. The van der Waals surface area contributed by atoms with Crippen molar-refractivity contribution in [2.75, 3.05) is 19.6 Å². The van der Waals surface area contributed by atoms with Gasteiger partial charge in [-0.05, 0) is 20.0 Å². The van der Waals surface area contributed by atoms with Crippen LogP contribution in [0.5, 0.6) is 0 Å². The Balaban J connectivity index is 3.74. The molecule has 0 N–H and O–H groups in total.